The van der Waals surface area contributed by atoms with Gasteiger partial charge in [-0.2, -0.15) is 0 Å². The summed E-state index contributed by atoms with van der Waals surface area (Å²) in [5.74, 6) is -0.517. The zero-order chi connectivity index (χ0) is 51.2. The zero-order valence-electron chi connectivity index (χ0n) is 42.5. The fourth-order valence-electron chi connectivity index (χ4n) is 6.97. The number of hydrogen-bond acceptors (Lipinski definition) is 11. The number of carbonyl (C=O) groups is 1. The molecule has 0 amide bonds. The molecule has 6 atom stereocenters. The first-order chi connectivity index (χ1) is 34.0. The average Bonchev–Trinajstić information content (AvgIpc) is 3.35. The summed E-state index contributed by atoms with van der Waals surface area (Å²) in [5.41, 5.74) is 0. The van der Waals surface area contributed by atoms with Crippen LogP contribution in [-0.4, -0.2) is 98.9 Å². The van der Waals surface area contributed by atoms with Gasteiger partial charge in [0.15, 0.2) is 0 Å². The number of phosphoric ester groups is 1. The van der Waals surface area contributed by atoms with Crippen LogP contribution in [0.25, 0.3) is 0 Å². The van der Waals surface area contributed by atoms with Crippen LogP contribution in [-0.2, 0) is 27.9 Å². The molecule has 0 aromatic heterocycles. The van der Waals surface area contributed by atoms with Crippen LogP contribution in [0.2, 0.25) is 0 Å². The zero-order valence-corrected chi connectivity index (χ0v) is 43.4. The Hall–Kier alpha value is -3.52. The van der Waals surface area contributed by atoms with E-state index in [1.807, 2.05) is 0 Å². The van der Waals surface area contributed by atoms with Gasteiger partial charge < -0.3 is 39.9 Å². The third-order valence-corrected chi connectivity index (χ3v) is 12.0. The van der Waals surface area contributed by atoms with Crippen molar-refractivity contribution in [2.75, 3.05) is 19.8 Å². The molecule has 0 aliphatic heterocycles. The van der Waals surface area contributed by atoms with Crippen molar-refractivity contribution in [2.45, 2.75) is 198 Å². The second-order valence-corrected chi connectivity index (χ2v) is 18.7. The summed E-state index contributed by atoms with van der Waals surface area (Å²) < 4.78 is 34.3. The number of carbonyl (C=O) groups excluding carboxylic acids is 1. The minimum atomic E-state index is -5.05. The molecule has 13 heteroatoms. The summed E-state index contributed by atoms with van der Waals surface area (Å²) in [6, 6.07) is 0. The third-order valence-electron chi connectivity index (χ3n) is 11.0. The summed E-state index contributed by atoms with van der Waals surface area (Å²) in [6.45, 7) is 3.93. The monoisotopic (exact) mass is 999 g/mol. The van der Waals surface area contributed by atoms with E-state index in [1.165, 1.54) is 0 Å². The first-order valence-corrected chi connectivity index (χ1v) is 27.5. The van der Waals surface area contributed by atoms with Crippen molar-refractivity contribution in [3.8, 4) is 0 Å². The molecule has 1 aliphatic carbocycles. The minimum absolute atomic E-state index is 0.115. The van der Waals surface area contributed by atoms with E-state index >= 15 is 0 Å². The van der Waals surface area contributed by atoms with Crippen LogP contribution >= 0.6 is 7.82 Å². The van der Waals surface area contributed by atoms with Gasteiger partial charge in [0.2, 0.25) is 0 Å². The Morgan fingerprint density at radius 1 is 0.457 bits per heavy atom. The van der Waals surface area contributed by atoms with E-state index < -0.39 is 63.1 Å². The molecule has 0 radical (unpaired) electrons. The van der Waals surface area contributed by atoms with Gasteiger partial charge in [0.05, 0.1) is 13.2 Å². The molecule has 12 nitrogen and oxygen atoms in total. The highest BCUT2D eigenvalue weighted by Crippen LogP contribution is 2.47. The molecule has 6 N–H and O–H groups in total. The largest absolute Gasteiger partial charge is 0.472 e. The molecule has 396 valence electrons. The lowest BCUT2D eigenvalue weighted by Crippen LogP contribution is -2.64. The smallest absolute Gasteiger partial charge is 0.457 e. The van der Waals surface area contributed by atoms with E-state index in [9.17, 15) is 39.8 Å². The Bertz CT molecular complexity index is 1660. The maximum Gasteiger partial charge on any atom is 0.472 e. The predicted molar refractivity (Wildman–Crippen MR) is 285 cm³/mol. The SMILES string of the molecule is CC/C=C\C/C=C\C/C=C\C/C=C\C/C=C\C/C=C\CCCCCCC(=O)OC(COCCCCCC/C=C\C/C=C\C/C=C\C/C=C\C/C=C\CC)COP(=O)(O)OC1C(O)C(O)C(O)C(O)C1O. The molecular formula is C57H91O12P. The summed E-state index contributed by atoms with van der Waals surface area (Å²) in [7, 11) is -5.05. The number of aliphatic hydroxyl groups is 5. The van der Waals surface area contributed by atoms with Crippen LogP contribution in [0.5, 0.6) is 0 Å². The maximum absolute atomic E-state index is 12.9. The van der Waals surface area contributed by atoms with E-state index in [2.05, 4.69) is 148 Å². The van der Waals surface area contributed by atoms with Crippen LogP contribution in [0.3, 0.4) is 0 Å². The average molecular weight is 999 g/mol. The first kappa shape index (κ1) is 64.5. The molecule has 0 saturated heterocycles. The van der Waals surface area contributed by atoms with Crippen LogP contribution < -0.4 is 0 Å². The van der Waals surface area contributed by atoms with E-state index in [4.69, 9.17) is 18.5 Å². The van der Waals surface area contributed by atoms with Gasteiger partial charge in [-0.3, -0.25) is 13.8 Å². The highest BCUT2D eigenvalue weighted by Gasteiger charge is 2.51. The van der Waals surface area contributed by atoms with Gasteiger partial charge in [0.25, 0.3) is 0 Å². The van der Waals surface area contributed by atoms with Gasteiger partial charge in [-0.25, -0.2) is 4.57 Å². The summed E-state index contributed by atoms with van der Waals surface area (Å²) in [5, 5.41) is 50.3. The van der Waals surface area contributed by atoms with Crippen LogP contribution in [0, 0.1) is 0 Å². The number of allylic oxidation sites excluding steroid dienone is 22. The molecular weight excluding hydrogens is 908 g/mol. The molecule has 0 aromatic rings. The van der Waals surface area contributed by atoms with E-state index in [0.29, 0.717) is 13.0 Å². The first-order valence-electron chi connectivity index (χ1n) is 26.0. The molecule has 1 aliphatic rings. The minimum Gasteiger partial charge on any atom is -0.457 e. The number of ether oxygens (including phenoxy) is 2. The van der Waals surface area contributed by atoms with Crippen LogP contribution in [0.1, 0.15) is 155 Å². The van der Waals surface area contributed by atoms with Gasteiger partial charge in [-0.15, -0.1) is 0 Å². The van der Waals surface area contributed by atoms with Gasteiger partial charge in [-0.05, 0) is 109 Å². The Morgan fingerprint density at radius 2 is 0.800 bits per heavy atom. The molecule has 1 rings (SSSR count). The number of aliphatic hydroxyl groups excluding tert-OH is 5. The summed E-state index contributed by atoms with van der Waals surface area (Å²) in [4.78, 5) is 23.3. The normalized spacial score (nSPS) is 22.0. The quantitative estimate of drug-likeness (QED) is 0.0147. The van der Waals surface area contributed by atoms with Gasteiger partial charge in [0.1, 0.15) is 42.7 Å². The highest BCUT2D eigenvalue weighted by atomic mass is 31.2. The van der Waals surface area contributed by atoms with Crippen molar-refractivity contribution in [2.24, 2.45) is 0 Å². The van der Waals surface area contributed by atoms with Gasteiger partial charge in [-0.1, -0.05) is 173 Å². The molecule has 0 bridgehead atoms. The molecule has 0 heterocycles. The van der Waals surface area contributed by atoms with Crippen LogP contribution in [0.15, 0.2) is 134 Å². The third kappa shape index (κ3) is 36.4. The summed E-state index contributed by atoms with van der Waals surface area (Å²) in [6.07, 6.45) is 55.1. The number of hydrogen-bond donors (Lipinski definition) is 6. The van der Waals surface area contributed by atoms with Crippen molar-refractivity contribution in [3.63, 3.8) is 0 Å². The van der Waals surface area contributed by atoms with E-state index in [-0.39, 0.29) is 13.0 Å². The number of rotatable bonds is 42. The molecule has 1 fully saturated rings. The molecule has 1 saturated carbocycles. The number of phosphoric acid groups is 1. The second kappa shape index (κ2) is 45.4. The Labute approximate surface area is 422 Å². The van der Waals surface area contributed by atoms with Gasteiger partial charge >= 0.3 is 13.8 Å². The van der Waals surface area contributed by atoms with Crippen molar-refractivity contribution < 1.29 is 58.3 Å². The topological polar surface area (TPSA) is 192 Å². The van der Waals surface area contributed by atoms with Crippen molar-refractivity contribution in [1.29, 1.82) is 0 Å². The maximum atomic E-state index is 12.9. The summed E-state index contributed by atoms with van der Waals surface area (Å²) >= 11 is 0. The van der Waals surface area contributed by atoms with Crippen molar-refractivity contribution >= 4 is 13.8 Å². The number of unbranched alkanes of at least 4 members (excludes halogenated alkanes) is 8. The van der Waals surface area contributed by atoms with E-state index in [1.54, 1.807) is 0 Å². The Balaban J connectivity index is 2.41. The van der Waals surface area contributed by atoms with Gasteiger partial charge in [0, 0.05) is 13.0 Å². The fraction of sp³-hybridized carbons (Fsp3) is 0.596. The van der Waals surface area contributed by atoms with E-state index in [0.717, 1.165) is 128 Å². The fourth-order valence-corrected chi connectivity index (χ4v) is 7.94. The number of esters is 1. The van der Waals surface area contributed by atoms with Crippen molar-refractivity contribution in [1.82, 2.24) is 0 Å². The Kier molecular flexibility index (Phi) is 41.8. The lowest BCUT2D eigenvalue weighted by molar-refractivity contribution is -0.220. The lowest BCUT2D eigenvalue weighted by atomic mass is 9.85. The molecule has 0 aromatic carbocycles. The predicted octanol–water partition coefficient (Wildman–Crippen LogP) is 12.0. The molecule has 6 unspecified atom stereocenters. The highest BCUT2D eigenvalue weighted by molar-refractivity contribution is 7.47. The van der Waals surface area contributed by atoms with Crippen molar-refractivity contribution in [3.05, 3.63) is 134 Å². The Morgan fingerprint density at radius 3 is 1.20 bits per heavy atom. The standard InChI is InChI=1S/C57H91O12P/c1-3-5-7-9-11-13-15-17-19-21-23-25-26-27-28-30-32-34-36-38-40-42-44-46-51(58)68-50(49-67-70(64,65)69-57-55(62)53(60)52(59)54(61)56(57)63)48-66-47-45-43-41-39-37-35-33-31-29-24-22-20-18-16-14-12-10-8-6-4-2/h5-8,11-14,17-20,23-25,27-29,32-35,50,52-57,59-63H,3-4,9-10,15-16,21-22,26,30-31,36-49H2,1-2H3,(H,64,65)/b7-5-,8-6-,13-11-,14-12-,19-17-,20-18-,25-23-,28-27-,29-24-,34-32-,35-33-. The second-order valence-electron chi connectivity index (χ2n) is 17.3. The molecule has 0 spiro atoms. The van der Waals surface area contributed by atoms with Crippen LogP contribution in [0.4, 0.5) is 0 Å². The lowest BCUT2D eigenvalue weighted by Gasteiger charge is -2.41. The molecule has 70 heavy (non-hydrogen) atoms.